The predicted octanol–water partition coefficient (Wildman–Crippen LogP) is 1.50. The van der Waals surface area contributed by atoms with E-state index in [0.29, 0.717) is 88.4 Å². The SMILES string of the molecule is CB(O)O.CCCl.CCOc1ccc(-c2c(C)n(C)c(=O)n(C)c2=O)cc1.COCCOCOc1ccc(-c2c(C)n(C)c(=O)n(C)c2=O)cc1.COCCOCOc1ccc(B(O)O)cc1.Cc1c(Br)c(=O)n(C)c(=O)n1C.Cc1cc(=O)n(C)c(=O)n1C.Cn1c(Cl)cc(=O)n(C)c1=O. The van der Waals surface area contributed by atoms with Gasteiger partial charge in [-0.25, -0.2) is 24.0 Å². The summed E-state index contributed by atoms with van der Waals surface area (Å²) < 4.78 is 48.9. The van der Waals surface area contributed by atoms with Crippen molar-refractivity contribution in [3.63, 3.8) is 0 Å². The van der Waals surface area contributed by atoms with Crippen LogP contribution in [0.1, 0.15) is 36.6 Å². The van der Waals surface area contributed by atoms with Crippen LogP contribution in [0.15, 0.2) is 137 Å². The van der Waals surface area contributed by atoms with Gasteiger partial charge in [-0.15, -0.1) is 11.6 Å². The van der Waals surface area contributed by atoms with E-state index >= 15 is 0 Å². The molecule has 554 valence electrons. The van der Waals surface area contributed by atoms with Gasteiger partial charge in [0.15, 0.2) is 13.6 Å². The van der Waals surface area contributed by atoms with Gasteiger partial charge in [-0.3, -0.25) is 55.9 Å². The van der Waals surface area contributed by atoms with E-state index in [9.17, 15) is 47.9 Å². The molecule has 101 heavy (non-hydrogen) atoms. The topological polar surface area (TPSA) is 366 Å². The summed E-state index contributed by atoms with van der Waals surface area (Å²) in [4.78, 5) is 115. The average Bonchev–Trinajstić information content (AvgIpc) is 0.784. The van der Waals surface area contributed by atoms with E-state index in [-0.39, 0.29) is 63.7 Å². The first kappa shape index (κ1) is 90.3. The van der Waals surface area contributed by atoms with Crippen LogP contribution in [0.2, 0.25) is 12.0 Å². The maximum Gasteiger partial charge on any atom is 0.488 e. The molecule has 0 bridgehead atoms. The molecule has 0 amide bonds. The molecule has 5 heterocycles. The van der Waals surface area contributed by atoms with Crippen LogP contribution in [0, 0.1) is 27.7 Å². The monoisotopic (exact) mass is 1520 g/mol. The third-order valence-electron chi connectivity index (χ3n) is 14.3. The number of aromatic nitrogens is 10. The standard InChI is InChI=1S/C17H22N2O5.C15H18N2O3.C10H15BO5.C7H9BrN2O2.C7H10N2O2.C6H7ClN2O2.C2H5Cl.CH5BO2/c1-12-15(16(20)19(3)17(21)18(12)2)13-5-7-14(8-6-13)24-11-23-10-9-22-4;1-5-20-12-8-6-11(7-9-12)13-10(2)16(3)15(19)17(4)14(13)18;1-14-6-7-15-8-16-10-4-2-9(3-5-10)11(12)13;1-4-5(8)6(11)10(3)7(12)9(4)2;1-5-4-6(10)9(3)7(11)8(5)2;1-8-4(7)3-5(10)9(2)6(8)11;1-2-3;1-2(3)4/h5-8H,9-11H2,1-4H3;6-9H,5H2,1-4H3;2-5,12-13H,6-8H2,1H3;1-3H3;4H,1-3H3;3H,1-2H3;2H2,1H3;3-4H,1H3. The summed E-state index contributed by atoms with van der Waals surface area (Å²) in [5, 5.41) is 33.1. The van der Waals surface area contributed by atoms with Crippen molar-refractivity contribution in [3.05, 3.63) is 222 Å². The van der Waals surface area contributed by atoms with Gasteiger partial charge >= 0.3 is 42.7 Å². The minimum Gasteiger partial charge on any atom is -0.494 e. The maximum absolute atomic E-state index is 12.4. The highest BCUT2D eigenvalue weighted by Gasteiger charge is 2.17. The van der Waals surface area contributed by atoms with Crippen LogP contribution >= 0.6 is 39.1 Å². The highest BCUT2D eigenvalue weighted by molar-refractivity contribution is 9.10. The van der Waals surface area contributed by atoms with Gasteiger partial charge < -0.3 is 67.0 Å². The normalized spacial score (nSPS) is 10.2. The number of methoxy groups -OCH3 is 2. The van der Waals surface area contributed by atoms with Gasteiger partial charge in [-0.1, -0.05) is 54.9 Å². The molecular formula is C65H91B2BrCl2N10O21. The van der Waals surface area contributed by atoms with Gasteiger partial charge in [-0.2, -0.15) is 0 Å². The van der Waals surface area contributed by atoms with Gasteiger partial charge in [-0.05, 0) is 110 Å². The third-order valence-corrected chi connectivity index (χ3v) is 15.6. The molecule has 0 unspecified atom stereocenters. The highest BCUT2D eigenvalue weighted by Crippen LogP contribution is 2.23. The number of alkyl halides is 1. The molecule has 3 aromatic carbocycles. The Hall–Kier alpha value is -8.67. The maximum atomic E-state index is 12.4. The Labute approximate surface area is 601 Å². The van der Waals surface area contributed by atoms with E-state index in [0.717, 1.165) is 45.6 Å². The molecule has 0 saturated carbocycles. The molecule has 31 nitrogen and oxygen atoms in total. The molecule has 8 aromatic rings. The van der Waals surface area contributed by atoms with Crippen LogP contribution in [0.3, 0.4) is 0 Å². The number of aryl methyl sites for hydroxylation is 1. The van der Waals surface area contributed by atoms with Crippen LogP contribution in [-0.4, -0.2) is 147 Å². The Kier molecular flexibility index (Phi) is 40.5. The largest absolute Gasteiger partial charge is 0.494 e. The number of hydrogen-bond donors (Lipinski definition) is 4. The lowest BCUT2D eigenvalue weighted by molar-refractivity contribution is -0.00856. The van der Waals surface area contributed by atoms with Crippen molar-refractivity contribution < 1.29 is 53.3 Å². The van der Waals surface area contributed by atoms with Gasteiger partial charge in [0.1, 0.15) is 26.9 Å². The van der Waals surface area contributed by atoms with E-state index in [2.05, 4.69) is 15.9 Å². The lowest BCUT2D eigenvalue weighted by Crippen LogP contribution is -2.39. The zero-order chi connectivity index (χ0) is 77.3. The van der Waals surface area contributed by atoms with Crippen LogP contribution in [0.25, 0.3) is 22.3 Å². The Morgan fingerprint density at radius 1 is 0.436 bits per heavy atom. The predicted molar refractivity (Wildman–Crippen MR) is 394 cm³/mol. The first-order valence-electron chi connectivity index (χ1n) is 30.6. The number of nitrogens with zero attached hydrogens (tertiary/aromatic N) is 10. The molecule has 0 aliphatic rings. The second-order valence-corrected chi connectivity index (χ2v) is 23.0. The van der Waals surface area contributed by atoms with Gasteiger partial charge in [0.05, 0.1) is 44.2 Å². The Morgan fingerprint density at radius 3 is 1.11 bits per heavy atom. The molecule has 8 rings (SSSR count). The fourth-order valence-electron chi connectivity index (χ4n) is 7.97. The molecule has 0 spiro atoms. The first-order chi connectivity index (χ1) is 47.4. The highest BCUT2D eigenvalue weighted by atomic mass is 79.9. The Balaban J connectivity index is 0.000000607. The van der Waals surface area contributed by atoms with E-state index < -0.39 is 25.5 Å². The van der Waals surface area contributed by atoms with Crippen molar-refractivity contribution >= 4 is 58.8 Å². The average molecular weight is 1520 g/mol. The molecule has 0 radical (unpaired) electrons. The van der Waals surface area contributed by atoms with Crippen molar-refractivity contribution in [2.45, 2.75) is 48.4 Å². The number of ether oxygens (including phenoxy) is 7. The molecule has 4 N–H and O–H groups in total. The number of hydrogen-bond acceptors (Lipinski definition) is 21. The Morgan fingerprint density at radius 2 is 0.752 bits per heavy atom. The summed E-state index contributed by atoms with van der Waals surface area (Å²) in [6.07, 6.45) is 0. The molecule has 36 heteroatoms. The molecule has 0 aliphatic carbocycles. The van der Waals surface area contributed by atoms with E-state index in [1.54, 1.807) is 119 Å². The summed E-state index contributed by atoms with van der Waals surface area (Å²) in [7, 11) is 15.9. The fraction of sp³-hybridized carbons (Fsp3) is 0.415. The molecule has 0 atom stereocenters. The van der Waals surface area contributed by atoms with Gasteiger partial charge in [0, 0.05) is 125 Å². The lowest BCUT2D eigenvalue weighted by Gasteiger charge is -2.12. The van der Waals surface area contributed by atoms with Crippen LogP contribution in [0.4, 0.5) is 0 Å². The van der Waals surface area contributed by atoms with Crippen LogP contribution in [0.5, 0.6) is 17.2 Å². The summed E-state index contributed by atoms with van der Waals surface area (Å²) in [5.41, 5.74) is 2.38. The second kappa shape index (κ2) is 45.3. The quantitative estimate of drug-likeness (QED) is 0.0330. The van der Waals surface area contributed by atoms with Crippen molar-refractivity contribution in [2.24, 2.45) is 70.5 Å². The molecule has 0 aliphatic heterocycles. The number of rotatable bonds is 17. The smallest absolute Gasteiger partial charge is 0.488 e. The minimum absolute atomic E-state index is 0.128. The van der Waals surface area contributed by atoms with E-state index in [1.165, 1.54) is 84.1 Å². The Bertz CT molecular complexity index is 4470. The summed E-state index contributed by atoms with van der Waals surface area (Å²) in [6.45, 7) is 14.9. The van der Waals surface area contributed by atoms with Crippen LogP contribution in [-0.2, 0) is 89.4 Å². The van der Waals surface area contributed by atoms with E-state index in [1.807, 2.05) is 38.1 Å². The number of halogens is 3. The van der Waals surface area contributed by atoms with Crippen molar-refractivity contribution in [1.82, 2.24) is 45.7 Å². The number of benzene rings is 3. The zero-order valence-corrected chi connectivity index (χ0v) is 63.3. The van der Waals surface area contributed by atoms with Crippen LogP contribution < -0.4 is 75.9 Å². The fourth-order valence-corrected chi connectivity index (χ4v) is 8.67. The molecule has 5 aromatic heterocycles. The van der Waals surface area contributed by atoms with Crippen molar-refractivity contribution in [1.29, 1.82) is 0 Å². The molecular weight excluding hydrogens is 1430 g/mol. The third kappa shape index (κ3) is 27.7. The van der Waals surface area contributed by atoms with Crippen molar-refractivity contribution in [3.8, 4) is 39.5 Å². The summed E-state index contributed by atoms with van der Waals surface area (Å²) in [5.74, 6) is 2.73. The summed E-state index contributed by atoms with van der Waals surface area (Å²) >= 11 is 13.7. The minimum atomic E-state index is -1.45. The second-order valence-electron chi connectivity index (χ2n) is 21.3. The van der Waals surface area contributed by atoms with Gasteiger partial charge in [0.2, 0.25) is 0 Å². The first-order valence-corrected chi connectivity index (χ1v) is 32.3. The zero-order valence-electron chi connectivity index (χ0n) is 60.2. The molecule has 0 saturated heterocycles. The lowest BCUT2D eigenvalue weighted by atomic mass is 9.80. The van der Waals surface area contributed by atoms with Crippen molar-refractivity contribution in [2.75, 3.05) is 66.7 Å². The van der Waals surface area contributed by atoms with Gasteiger partial charge in [0.25, 0.3) is 27.8 Å². The molecule has 0 fully saturated rings. The summed E-state index contributed by atoms with van der Waals surface area (Å²) in [6, 6.07) is 23.5. The van der Waals surface area contributed by atoms with E-state index in [4.69, 9.17) is 76.5 Å².